The van der Waals surface area contributed by atoms with Crippen molar-refractivity contribution in [1.29, 1.82) is 0 Å². The molecule has 0 bridgehead atoms. The van der Waals surface area contributed by atoms with E-state index in [1.165, 1.54) is 13.0 Å². The van der Waals surface area contributed by atoms with Gasteiger partial charge in [0.25, 0.3) is 0 Å². The number of hydrogen-bond donors (Lipinski definition) is 1. The van der Waals surface area contributed by atoms with E-state index in [4.69, 9.17) is 5.11 Å². The third-order valence-corrected chi connectivity index (χ3v) is 3.65. The average Bonchev–Trinajstić information content (AvgIpc) is 1.99. The fourth-order valence-electron chi connectivity index (χ4n) is 1.78. The normalized spacial score (nSPS) is 22.1. The molecule has 0 spiro atoms. The van der Waals surface area contributed by atoms with Crippen molar-refractivity contribution in [3.8, 4) is 0 Å². The molecule has 1 heterocycles. The van der Waals surface area contributed by atoms with Crippen molar-refractivity contribution >= 4 is 0 Å². The summed E-state index contributed by atoms with van der Waals surface area (Å²) in [5, 5.41) is 8.88. The first-order chi connectivity index (χ1) is 6.43. The Morgan fingerprint density at radius 3 is 2.36 bits per heavy atom. The lowest BCUT2D eigenvalue weighted by Crippen LogP contribution is -2.48. The highest BCUT2D eigenvalue weighted by Gasteiger charge is 2.27. The Labute approximate surface area is 88.3 Å². The summed E-state index contributed by atoms with van der Waals surface area (Å²) in [6.45, 7) is 13.0. The van der Waals surface area contributed by atoms with E-state index in [9.17, 15) is 0 Å². The standard InChI is InChI=1S/C12H25NO/c1-10(12(2,3)4)5-6-13-7-11(8-13)9-14/h10-11,14H,5-9H2,1-4H3. The van der Waals surface area contributed by atoms with Crippen molar-refractivity contribution < 1.29 is 5.11 Å². The van der Waals surface area contributed by atoms with E-state index in [2.05, 4.69) is 32.6 Å². The van der Waals surface area contributed by atoms with Crippen LogP contribution in [0.1, 0.15) is 34.1 Å². The van der Waals surface area contributed by atoms with Gasteiger partial charge in [0.15, 0.2) is 0 Å². The molecular formula is C12H25NO. The highest BCUT2D eigenvalue weighted by molar-refractivity contribution is 4.80. The second-order valence-electron chi connectivity index (χ2n) is 5.86. The number of nitrogens with zero attached hydrogens (tertiary/aromatic N) is 1. The first-order valence-corrected chi connectivity index (χ1v) is 5.76. The fourth-order valence-corrected chi connectivity index (χ4v) is 1.78. The van der Waals surface area contributed by atoms with E-state index in [0.29, 0.717) is 17.9 Å². The first-order valence-electron chi connectivity index (χ1n) is 5.76. The summed E-state index contributed by atoms with van der Waals surface area (Å²) in [5.41, 5.74) is 0.432. The summed E-state index contributed by atoms with van der Waals surface area (Å²) in [6.07, 6.45) is 1.28. The van der Waals surface area contributed by atoms with Gasteiger partial charge in [-0.25, -0.2) is 0 Å². The molecule has 14 heavy (non-hydrogen) atoms. The maximum Gasteiger partial charge on any atom is 0.0483 e. The summed E-state index contributed by atoms with van der Waals surface area (Å²) in [4.78, 5) is 2.45. The molecule has 1 atom stereocenters. The lowest BCUT2D eigenvalue weighted by molar-refractivity contribution is 0.0453. The van der Waals surface area contributed by atoms with Gasteiger partial charge in [-0.2, -0.15) is 0 Å². The second kappa shape index (κ2) is 4.63. The van der Waals surface area contributed by atoms with Crippen LogP contribution in [-0.4, -0.2) is 36.2 Å². The highest BCUT2D eigenvalue weighted by Crippen LogP contribution is 2.28. The molecule has 0 aliphatic carbocycles. The van der Waals surface area contributed by atoms with Crippen molar-refractivity contribution in [1.82, 2.24) is 4.90 Å². The zero-order chi connectivity index (χ0) is 10.8. The molecule has 0 radical (unpaired) electrons. The third-order valence-electron chi connectivity index (χ3n) is 3.65. The van der Waals surface area contributed by atoms with Crippen LogP contribution in [0, 0.1) is 17.3 Å². The Morgan fingerprint density at radius 1 is 1.36 bits per heavy atom. The van der Waals surface area contributed by atoms with Gasteiger partial charge in [0.1, 0.15) is 0 Å². The Morgan fingerprint density at radius 2 is 1.93 bits per heavy atom. The van der Waals surface area contributed by atoms with E-state index >= 15 is 0 Å². The molecule has 1 rings (SSSR count). The van der Waals surface area contributed by atoms with Crippen molar-refractivity contribution in [2.24, 2.45) is 17.3 Å². The molecule has 1 N–H and O–H groups in total. The van der Waals surface area contributed by atoms with Crippen LogP contribution in [0.5, 0.6) is 0 Å². The molecule has 1 saturated heterocycles. The van der Waals surface area contributed by atoms with Crippen molar-refractivity contribution in [2.45, 2.75) is 34.1 Å². The number of aliphatic hydroxyl groups is 1. The van der Waals surface area contributed by atoms with E-state index < -0.39 is 0 Å². The molecule has 1 aliphatic rings. The van der Waals surface area contributed by atoms with E-state index in [0.717, 1.165) is 19.0 Å². The van der Waals surface area contributed by atoms with Gasteiger partial charge in [0.2, 0.25) is 0 Å². The highest BCUT2D eigenvalue weighted by atomic mass is 16.3. The predicted octanol–water partition coefficient (Wildman–Crippen LogP) is 1.98. The maximum absolute atomic E-state index is 8.88. The molecular weight excluding hydrogens is 174 g/mol. The van der Waals surface area contributed by atoms with Gasteiger partial charge < -0.3 is 10.0 Å². The van der Waals surface area contributed by atoms with Gasteiger partial charge in [0.05, 0.1) is 0 Å². The van der Waals surface area contributed by atoms with Crippen LogP contribution in [0.3, 0.4) is 0 Å². The topological polar surface area (TPSA) is 23.5 Å². The number of rotatable bonds is 4. The monoisotopic (exact) mass is 199 g/mol. The molecule has 1 unspecified atom stereocenters. The van der Waals surface area contributed by atoms with Crippen LogP contribution >= 0.6 is 0 Å². The SMILES string of the molecule is CC(CCN1CC(CO)C1)C(C)(C)C. The van der Waals surface area contributed by atoms with Gasteiger partial charge in [0, 0.05) is 25.6 Å². The Balaban J connectivity index is 2.11. The summed E-state index contributed by atoms with van der Waals surface area (Å²) < 4.78 is 0. The maximum atomic E-state index is 8.88. The second-order valence-corrected chi connectivity index (χ2v) is 5.86. The fraction of sp³-hybridized carbons (Fsp3) is 1.00. The van der Waals surface area contributed by atoms with Crippen molar-refractivity contribution in [3.05, 3.63) is 0 Å². The summed E-state index contributed by atoms with van der Waals surface area (Å²) in [7, 11) is 0. The number of hydrogen-bond acceptors (Lipinski definition) is 2. The molecule has 2 nitrogen and oxygen atoms in total. The lowest BCUT2D eigenvalue weighted by atomic mass is 9.80. The summed E-state index contributed by atoms with van der Waals surface area (Å²) in [6, 6.07) is 0. The van der Waals surface area contributed by atoms with Gasteiger partial charge in [-0.05, 0) is 24.3 Å². The van der Waals surface area contributed by atoms with Crippen LogP contribution in [0.15, 0.2) is 0 Å². The van der Waals surface area contributed by atoms with Crippen molar-refractivity contribution in [2.75, 3.05) is 26.2 Å². The molecule has 0 aromatic heterocycles. The molecule has 0 aromatic rings. The Bertz CT molecular complexity index is 168. The lowest BCUT2D eigenvalue weighted by Gasteiger charge is -2.39. The molecule has 1 aliphatic heterocycles. The zero-order valence-corrected chi connectivity index (χ0v) is 10.1. The molecule has 84 valence electrons. The Kier molecular flexibility index (Phi) is 3.96. The minimum atomic E-state index is 0.366. The van der Waals surface area contributed by atoms with Crippen LogP contribution in [0.2, 0.25) is 0 Å². The zero-order valence-electron chi connectivity index (χ0n) is 10.1. The molecule has 0 saturated carbocycles. The van der Waals surface area contributed by atoms with Gasteiger partial charge in [-0.3, -0.25) is 0 Å². The summed E-state index contributed by atoms with van der Waals surface area (Å²) in [5.74, 6) is 1.33. The first kappa shape index (κ1) is 12.0. The minimum absolute atomic E-state index is 0.366. The van der Waals surface area contributed by atoms with Crippen LogP contribution < -0.4 is 0 Å². The minimum Gasteiger partial charge on any atom is -0.396 e. The van der Waals surface area contributed by atoms with E-state index in [1.807, 2.05) is 0 Å². The smallest absolute Gasteiger partial charge is 0.0483 e. The van der Waals surface area contributed by atoms with E-state index in [-0.39, 0.29) is 0 Å². The van der Waals surface area contributed by atoms with Crippen LogP contribution in [-0.2, 0) is 0 Å². The van der Waals surface area contributed by atoms with Gasteiger partial charge >= 0.3 is 0 Å². The number of aliphatic hydroxyl groups excluding tert-OH is 1. The van der Waals surface area contributed by atoms with E-state index in [1.54, 1.807) is 0 Å². The van der Waals surface area contributed by atoms with Crippen LogP contribution in [0.4, 0.5) is 0 Å². The number of likely N-dealkylation sites (tertiary alicyclic amines) is 1. The molecule has 0 aromatic carbocycles. The predicted molar refractivity (Wildman–Crippen MR) is 60.3 cm³/mol. The molecule has 1 fully saturated rings. The molecule has 0 amide bonds. The quantitative estimate of drug-likeness (QED) is 0.748. The third kappa shape index (κ3) is 3.25. The van der Waals surface area contributed by atoms with Crippen LogP contribution in [0.25, 0.3) is 0 Å². The average molecular weight is 199 g/mol. The van der Waals surface area contributed by atoms with Crippen molar-refractivity contribution in [3.63, 3.8) is 0 Å². The van der Waals surface area contributed by atoms with Gasteiger partial charge in [-0.1, -0.05) is 27.7 Å². The Hall–Kier alpha value is -0.0800. The largest absolute Gasteiger partial charge is 0.396 e. The summed E-state index contributed by atoms with van der Waals surface area (Å²) >= 11 is 0. The van der Waals surface area contributed by atoms with Gasteiger partial charge in [-0.15, -0.1) is 0 Å². The molecule has 2 heteroatoms.